The van der Waals surface area contributed by atoms with Gasteiger partial charge in [0.15, 0.2) is 6.29 Å². The number of nitrogens with zero attached hydrogens (tertiary/aromatic N) is 1. The Hall–Kier alpha value is -2.14. The second-order valence-electron chi connectivity index (χ2n) is 3.51. The summed E-state index contributed by atoms with van der Waals surface area (Å²) in [7, 11) is 0. The minimum absolute atomic E-state index is 0.0584. The second-order valence-corrected chi connectivity index (χ2v) is 4.62. The van der Waals surface area contributed by atoms with Crippen molar-refractivity contribution in [2.45, 2.75) is 9.79 Å². The first-order valence-electron chi connectivity index (χ1n) is 5.17. The number of aldehydes is 1. The highest BCUT2D eigenvalue weighted by atomic mass is 32.2. The van der Waals surface area contributed by atoms with Crippen LogP contribution in [0, 0.1) is 10.1 Å². The topological polar surface area (TPSA) is 60.2 Å². The zero-order valence-electron chi connectivity index (χ0n) is 9.28. The highest BCUT2D eigenvalue weighted by molar-refractivity contribution is 7.99. The average molecular weight is 259 g/mol. The predicted molar refractivity (Wildman–Crippen MR) is 69.0 cm³/mol. The molecule has 0 atom stereocenters. The van der Waals surface area contributed by atoms with Crippen molar-refractivity contribution in [2.24, 2.45) is 0 Å². The molecule has 0 spiro atoms. The van der Waals surface area contributed by atoms with Gasteiger partial charge in [-0.1, -0.05) is 30.0 Å². The lowest BCUT2D eigenvalue weighted by Gasteiger charge is -2.03. The lowest BCUT2D eigenvalue weighted by molar-refractivity contribution is -0.384. The van der Waals surface area contributed by atoms with Gasteiger partial charge >= 0.3 is 0 Å². The zero-order chi connectivity index (χ0) is 13.0. The average Bonchev–Trinajstić information content (AvgIpc) is 2.40. The monoisotopic (exact) mass is 259 g/mol. The fourth-order valence-corrected chi connectivity index (χ4v) is 2.34. The normalized spacial score (nSPS) is 10.0. The van der Waals surface area contributed by atoms with Gasteiger partial charge in [0.2, 0.25) is 0 Å². The van der Waals surface area contributed by atoms with Gasteiger partial charge in [0.05, 0.1) is 4.92 Å². The predicted octanol–water partition coefficient (Wildman–Crippen LogP) is 3.56. The molecule has 0 unspecified atom stereocenters. The zero-order valence-corrected chi connectivity index (χ0v) is 10.1. The molecule has 0 aliphatic carbocycles. The third-order valence-electron chi connectivity index (χ3n) is 2.32. The summed E-state index contributed by atoms with van der Waals surface area (Å²) in [5.41, 5.74) is 0.670. The molecule has 0 fully saturated rings. The van der Waals surface area contributed by atoms with Gasteiger partial charge in [-0.05, 0) is 18.2 Å². The molecular formula is C13H9NO3S. The molecule has 0 saturated heterocycles. The van der Waals surface area contributed by atoms with Crippen LogP contribution in [0.25, 0.3) is 0 Å². The van der Waals surface area contributed by atoms with E-state index in [9.17, 15) is 14.9 Å². The van der Waals surface area contributed by atoms with Crippen LogP contribution in [0.5, 0.6) is 0 Å². The molecule has 90 valence electrons. The molecule has 2 aromatic rings. The molecule has 5 heteroatoms. The summed E-state index contributed by atoms with van der Waals surface area (Å²) in [5.74, 6) is 0. The molecule has 18 heavy (non-hydrogen) atoms. The fraction of sp³-hybridized carbons (Fsp3) is 0. The Balaban J connectivity index is 2.23. The quantitative estimate of drug-likeness (QED) is 0.478. The Morgan fingerprint density at radius 1 is 1.06 bits per heavy atom. The minimum Gasteiger partial charge on any atom is -0.298 e. The third-order valence-corrected chi connectivity index (χ3v) is 3.42. The number of hydrogen-bond acceptors (Lipinski definition) is 4. The van der Waals surface area contributed by atoms with Crippen LogP contribution in [-0.2, 0) is 0 Å². The van der Waals surface area contributed by atoms with Gasteiger partial charge in [-0.3, -0.25) is 14.9 Å². The lowest BCUT2D eigenvalue weighted by atomic mass is 10.2. The number of benzene rings is 2. The maximum Gasteiger partial charge on any atom is 0.269 e. The van der Waals surface area contributed by atoms with Crippen LogP contribution in [0.3, 0.4) is 0 Å². The van der Waals surface area contributed by atoms with E-state index < -0.39 is 4.92 Å². The van der Waals surface area contributed by atoms with Crippen LogP contribution in [0.1, 0.15) is 10.4 Å². The van der Waals surface area contributed by atoms with E-state index in [1.165, 1.54) is 23.9 Å². The number of nitro benzene ring substituents is 1. The fourth-order valence-electron chi connectivity index (χ4n) is 1.43. The van der Waals surface area contributed by atoms with Crippen LogP contribution in [0.4, 0.5) is 5.69 Å². The summed E-state index contributed by atoms with van der Waals surface area (Å²) in [5, 5.41) is 10.5. The van der Waals surface area contributed by atoms with Crippen molar-refractivity contribution in [1.29, 1.82) is 0 Å². The standard InChI is InChI=1S/C13H9NO3S/c15-9-10-3-1-2-4-13(10)18-12-7-5-11(6-8-12)14(16)17/h1-9H. The van der Waals surface area contributed by atoms with Crippen molar-refractivity contribution >= 4 is 23.7 Å². The molecule has 0 amide bonds. The van der Waals surface area contributed by atoms with Crippen LogP contribution in [0.15, 0.2) is 58.3 Å². The first-order valence-corrected chi connectivity index (χ1v) is 5.99. The second kappa shape index (κ2) is 5.46. The van der Waals surface area contributed by atoms with E-state index in [1.54, 1.807) is 24.3 Å². The molecule has 2 aromatic carbocycles. The van der Waals surface area contributed by atoms with Crippen molar-refractivity contribution in [2.75, 3.05) is 0 Å². The molecule has 0 bridgehead atoms. The number of rotatable bonds is 4. The number of nitro groups is 1. The van der Waals surface area contributed by atoms with Crippen LogP contribution >= 0.6 is 11.8 Å². The summed E-state index contributed by atoms with van der Waals surface area (Å²) in [4.78, 5) is 22.6. The Bertz CT molecular complexity index is 581. The number of carbonyl (C=O) groups is 1. The molecule has 4 nitrogen and oxygen atoms in total. The van der Waals surface area contributed by atoms with Gasteiger partial charge in [0.1, 0.15) is 0 Å². The van der Waals surface area contributed by atoms with Gasteiger partial charge in [-0.15, -0.1) is 0 Å². The Labute approximate surface area is 108 Å². The first kappa shape index (κ1) is 12.3. The van der Waals surface area contributed by atoms with E-state index in [-0.39, 0.29) is 5.69 Å². The van der Waals surface area contributed by atoms with Gasteiger partial charge in [-0.2, -0.15) is 0 Å². The molecular weight excluding hydrogens is 250 g/mol. The Kier molecular flexibility index (Phi) is 3.74. The van der Waals surface area contributed by atoms with Crippen molar-refractivity contribution in [1.82, 2.24) is 0 Å². The molecule has 0 aliphatic rings. The summed E-state index contributed by atoms with van der Waals surface area (Å²) in [6.45, 7) is 0. The van der Waals surface area contributed by atoms with Gasteiger partial charge in [-0.25, -0.2) is 0 Å². The molecule has 0 radical (unpaired) electrons. The van der Waals surface area contributed by atoms with Crippen molar-refractivity contribution in [3.63, 3.8) is 0 Å². The van der Waals surface area contributed by atoms with E-state index in [4.69, 9.17) is 0 Å². The third kappa shape index (κ3) is 2.75. The molecule has 0 aromatic heterocycles. The Morgan fingerprint density at radius 3 is 2.33 bits per heavy atom. The van der Waals surface area contributed by atoms with Gasteiger partial charge in [0, 0.05) is 27.5 Å². The van der Waals surface area contributed by atoms with Crippen molar-refractivity contribution in [3.05, 3.63) is 64.2 Å². The number of hydrogen-bond donors (Lipinski definition) is 0. The van der Waals surface area contributed by atoms with Gasteiger partial charge < -0.3 is 0 Å². The maximum absolute atomic E-state index is 10.9. The van der Waals surface area contributed by atoms with Crippen molar-refractivity contribution < 1.29 is 9.72 Å². The highest BCUT2D eigenvalue weighted by Crippen LogP contribution is 2.30. The summed E-state index contributed by atoms with van der Waals surface area (Å²) >= 11 is 1.41. The minimum atomic E-state index is -0.437. The molecule has 0 saturated carbocycles. The lowest BCUT2D eigenvalue weighted by Crippen LogP contribution is -1.87. The maximum atomic E-state index is 10.9. The van der Waals surface area contributed by atoms with E-state index >= 15 is 0 Å². The van der Waals surface area contributed by atoms with E-state index in [1.807, 2.05) is 12.1 Å². The number of carbonyl (C=O) groups excluding carboxylic acids is 1. The molecule has 0 N–H and O–H groups in total. The summed E-state index contributed by atoms with van der Waals surface area (Å²) in [6, 6.07) is 13.5. The Morgan fingerprint density at radius 2 is 1.72 bits per heavy atom. The van der Waals surface area contributed by atoms with Crippen molar-refractivity contribution in [3.8, 4) is 0 Å². The van der Waals surface area contributed by atoms with Crippen LogP contribution < -0.4 is 0 Å². The summed E-state index contributed by atoms with van der Waals surface area (Å²) < 4.78 is 0. The number of non-ortho nitro benzene ring substituents is 1. The summed E-state index contributed by atoms with van der Waals surface area (Å²) in [6.07, 6.45) is 0.799. The van der Waals surface area contributed by atoms with E-state index in [0.717, 1.165) is 16.1 Å². The first-order chi connectivity index (χ1) is 8.70. The largest absolute Gasteiger partial charge is 0.298 e. The smallest absolute Gasteiger partial charge is 0.269 e. The van der Waals surface area contributed by atoms with Crippen LogP contribution in [0.2, 0.25) is 0 Å². The SMILES string of the molecule is O=Cc1ccccc1Sc1ccc([N+](=O)[O-])cc1. The van der Waals surface area contributed by atoms with E-state index in [2.05, 4.69) is 0 Å². The van der Waals surface area contributed by atoms with E-state index in [0.29, 0.717) is 5.56 Å². The molecule has 0 aliphatic heterocycles. The van der Waals surface area contributed by atoms with Crippen LogP contribution in [-0.4, -0.2) is 11.2 Å². The molecule has 0 heterocycles. The molecule has 2 rings (SSSR count). The van der Waals surface area contributed by atoms with Gasteiger partial charge in [0.25, 0.3) is 5.69 Å². The highest BCUT2D eigenvalue weighted by Gasteiger charge is 2.06.